The van der Waals surface area contributed by atoms with Crippen LogP contribution in [0.15, 0.2) is 41.0 Å². The van der Waals surface area contributed by atoms with Crippen LogP contribution >= 0.6 is 23.4 Å². The Kier molecular flexibility index (Phi) is 6.69. The van der Waals surface area contributed by atoms with Gasteiger partial charge in [0, 0.05) is 16.7 Å². The van der Waals surface area contributed by atoms with Crippen molar-refractivity contribution in [3.63, 3.8) is 0 Å². The number of rotatable bonds is 4. The highest BCUT2D eigenvalue weighted by atomic mass is 35.5. The molecule has 2 rings (SSSR count). The number of benzene rings is 1. The van der Waals surface area contributed by atoms with Crippen molar-refractivity contribution in [2.45, 2.75) is 62.3 Å². The van der Waals surface area contributed by atoms with E-state index in [2.05, 4.69) is 0 Å². The standard InChI is InChI=1S/C19H26ClNO3S/c1-5-8-16(22)15-11-13(25-17-10-7-6-9-14(17)20)12-21(15)18(23)24-19(2,3)4/h6-10,13,15,22H,5,11-12H2,1-4H3. The lowest BCUT2D eigenvalue weighted by molar-refractivity contribution is 0.0223. The van der Waals surface area contributed by atoms with Crippen molar-refractivity contribution < 1.29 is 14.6 Å². The van der Waals surface area contributed by atoms with Crippen LogP contribution in [0.4, 0.5) is 4.79 Å². The molecule has 1 N–H and O–H groups in total. The van der Waals surface area contributed by atoms with E-state index in [4.69, 9.17) is 16.3 Å². The predicted molar refractivity (Wildman–Crippen MR) is 103 cm³/mol. The average molecular weight is 384 g/mol. The Labute approximate surface area is 159 Å². The van der Waals surface area contributed by atoms with Crippen molar-refractivity contribution in [3.05, 3.63) is 41.1 Å². The molecule has 6 heteroatoms. The second-order valence-corrected chi connectivity index (χ2v) is 8.84. The molecule has 25 heavy (non-hydrogen) atoms. The van der Waals surface area contributed by atoms with E-state index in [0.717, 1.165) is 4.90 Å². The van der Waals surface area contributed by atoms with Crippen LogP contribution in [0.2, 0.25) is 5.02 Å². The second-order valence-electron chi connectivity index (χ2n) is 7.09. The maximum Gasteiger partial charge on any atom is 0.410 e. The van der Waals surface area contributed by atoms with E-state index in [1.54, 1.807) is 22.7 Å². The molecule has 2 atom stereocenters. The number of hydrogen-bond acceptors (Lipinski definition) is 4. The summed E-state index contributed by atoms with van der Waals surface area (Å²) in [4.78, 5) is 15.2. The van der Waals surface area contributed by atoms with Crippen molar-refractivity contribution >= 4 is 29.5 Å². The molecule has 4 nitrogen and oxygen atoms in total. The van der Waals surface area contributed by atoms with Crippen molar-refractivity contribution in [3.8, 4) is 0 Å². The van der Waals surface area contributed by atoms with E-state index < -0.39 is 11.7 Å². The number of aliphatic hydroxyl groups is 1. The zero-order valence-corrected chi connectivity index (χ0v) is 16.7. The number of thioether (sulfide) groups is 1. The van der Waals surface area contributed by atoms with Gasteiger partial charge in [-0.25, -0.2) is 4.79 Å². The normalized spacial score (nSPS) is 21.5. The Morgan fingerprint density at radius 1 is 1.44 bits per heavy atom. The number of carbonyl (C=O) groups excluding carboxylic acids is 1. The highest BCUT2D eigenvalue weighted by molar-refractivity contribution is 8.00. The monoisotopic (exact) mass is 383 g/mol. The lowest BCUT2D eigenvalue weighted by Gasteiger charge is -2.28. The molecule has 0 aromatic heterocycles. The number of carbonyl (C=O) groups is 1. The quantitative estimate of drug-likeness (QED) is 0.681. The SMILES string of the molecule is CCC=C(O)C1CC(Sc2ccccc2Cl)CN1C(=O)OC(C)(C)C. The number of hydrogen-bond donors (Lipinski definition) is 1. The van der Waals surface area contributed by atoms with Crippen LogP contribution in [0.1, 0.15) is 40.5 Å². The van der Waals surface area contributed by atoms with Gasteiger partial charge in [-0.3, -0.25) is 4.90 Å². The van der Waals surface area contributed by atoms with Crippen LogP contribution in [0.5, 0.6) is 0 Å². The largest absolute Gasteiger partial charge is 0.510 e. The molecule has 0 saturated carbocycles. The molecule has 1 saturated heterocycles. The first-order valence-electron chi connectivity index (χ1n) is 8.51. The molecule has 0 spiro atoms. The van der Waals surface area contributed by atoms with Crippen molar-refractivity contribution in [1.29, 1.82) is 0 Å². The number of nitrogens with zero attached hydrogens (tertiary/aromatic N) is 1. The highest BCUT2D eigenvalue weighted by Gasteiger charge is 2.40. The summed E-state index contributed by atoms with van der Waals surface area (Å²) in [6.07, 6.45) is 2.74. The summed E-state index contributed by atoms with van der Waals surface area (Å²) in [5, 5.41) is 11.2. The van der Waals surface area contributed by atoms with Gasteiger partial charge in [-0.1, -0.05) is 30.7 Å². The van der Waals surface area contributed by atoms with E-state index in [1.165, 1.54) is 0 Å². The molecule has 0 bridgehead atoms. The first kappa shape index (κ1) is 20.0. The molecule has 1 fully saturated rings. The summed E-state index contributed by atoms with van der Waals surface area (Å²) in [5.74, 6) is 0.232. The van der Waals surface area contributed by atoms with Gasteiger partial charge < -0.3 is 9.84 Å². The summed E-state index contributed by atoms with van der Waals surface area (Å²) in [6.45, 7) is 7.99. The molecular weight excluding hydrogens is 358 g/mol. The van der Waals surface area contributed by atoms with E-state index in [0.29, 0.717) is 24.4 Å². The zero-order valence-electron chi connectivity index (χ0n) is 15.2. The third-order valence-electron chi connectivity index (χ3n) is 3.78. The van der Waals surface area contributed by atoms with Gasteiger partial charge >= 0.3 is 6.09 Å². The maximum atomic E-state index is 12.6. The molecule has 138 valence electrons. The van der Waals surface area contributed by atoms with Gasteiger partial charge in [0.05, 0.1) is 11.1 Å². The van der Waals surface area contributed by atoms with Crippen molar-refractivity contribution in [1.82, 2.24) is 4.90 Å². The van der Waals surface area contributed by atoms with Gasteiger partial charge in [0.25, 0.3) is 0 Å². The van der Waals surface area contributed by atoms with Gasteiger partial charge in [0.1, 0.15) is 11.4 Å². The number of ether oxygens (including phenoxy) is 1. The Bertz CT molecular complexity index is 642. The molecule has 1 heterocycles. The lowest BCUT2D eigenvalue weighted by Crippen LogP contribution is -2.40. The fourth-order valence-corrected chi connectivity index (χ4v) is 4.23. The molecule has 1 aromatic rings. The Balaban J connectivity index is 2.17. The van der Waals surface area contributed by atoms with Gasteiger partial charge in [-0.15, -0.1) is 11.8 Å². The number of aliphatic hydroxyl groups excluding tert-OH is 1. The van der Waals surface area contributed by atoms with Crippen LogP contribution in [-0.2, 0) is 4.74 Å². The molecule has 1 amide bonds. The Morgan fingerprint density at radius 2 is 2.12 bits per heavy atom. The number of allylic oxidation sites excluding steroid dienone is 1. The lowest BCUT2D eigenvalue weighted by atomic mass is 10.1. The number of likely N-dealkylation sites (tertiary alicyclic amines) is 1. The molecule has 1 aromatic carbocycles. The van der Waals surface area contributed by atoms with E-state index in [-0.39, 0.29) is 17.1 Å². The average Bonchev–Trinajstić information content (AvgIpc) is 2.92. The molecule has 0 aliphatic carbocycles. The number of halogens is 1. The van der Waals surface area contributed by atoms with Crippen LogP contribution in [0.3, 0.4) is 0 Å². The summed E-state index contributed by atoms with van der Waals surface area (Å²) < 4.78 is 5.52. The Hall–Kier alpha value is -1.33. The molecule has 1 aliphatic heterocycles. The molecule has 0 radical (unpaired) electrons. The van der Waals surface area contributed by atoms with Crippen LogP contribution < -0.4 is 0 Å². The summed E-state index contributed by atoms with van der Waals surface area (Å²) in [7, 11) is 0. The van der Waals surface area contributed by atoms with Gasteiger partial charge in [-0.05, 0) is 51.8 Å². The van der Waals surface area contributed by atoms with Gasteiger partial charge in [-0.2, -0.15) is 0 Å². The minimum absolute atomic E-state index is 0.143. The minimum atomic E-state index is -0.570. The van der Waals surface area contributed by atoms with Crippen LogP contribution in [0, 0.1) is 0 Å². The fourth-order valence-electron chi connectivity index (χ4n) is 2.75. The molecule has 2 unspecified atom stereocenters. The summed E-state index contributed by atoms with van der Waals surface area (Å²) >= 11 is 7.89. The third-order valence-corrected chi connectivity index (χ3v) is 5.50. The predicted octanol–water partition coefficient (Wildman–Crippen LogP) is 5.66. The van der Waals surface area contributed by atoms with Crippen molar-refractivity contribution in [2.75, 3.05) is 6.54 Å². The maximum absolute atomic E-state index is 12.6. The second kappa shape index (κ2) is 8.37. The molecular formula is C19H26ClNO3S. The zero-order chi connectivity index (χ0) is 18.6. The van der Waals surface area contributed by atoms with E-state index in [1.807, 2.05) is 52.0 Å². The van der Waals surface area contributed by atoms with Crippen LogP contribution in [-0.4, -0.2) is 39.5 Å². The van der Waals surface area contributed by atoms with E-state index in [9.17, 15) is 9.90 Å². The first-order chi connectivity index (χ1) is 11.7. The number of amides is 1. The summed E-state index contributed by atoms with van der Waals surface area (Å²) in [6, 6.07) is 7.32. The minimum Gasteiger partial charge on any atom is -0.510 e. The molecule has 1 aliphatic rings. The summed E-state index contributed by atoms with van der Waals surface area (Å²) in [5.41, 5.74) is -0.570. The smallest absolute Gasteiger partial charge is 0.410 e. The van der Waals surface area contributed by atoms with Crippen LogP contribution in [0.25, 0.3) is 0 Å². The third kappa shape index (κ3) is 5.58. The van der Waals surface area contributed by atoms with Crippen molar-refractivity contribution in [2.24, 2.45) is 0 Å². The fraction of sp³-hybridized carbons (Fsp3) is 0.526. The first-order valence-corrected chi connectivity index (χ1v) is 9.77. The highest BCUT2D eigenvalue weighted by Crippen LogP contribution is 2.38. The Morgan fingerprint density at radius 3 is 2.72 bits per heavy atom. The topological polar surface area (TPSA) is 49.8 Å². The van der Waals surface area contributed by atoms with Gasteiger partial charge in [0.2, 0.25) is 0 Å². The van der Waals surface area contributed by atoms with E-state index >= 15 is 0 Å². The van der Waals surface area contributed by atoms with Gasteiger partial charge in [0.15, 0.2) is 0 Å².